The molecule has 0 bridgehead atoms. The van der Waals surface area contributed by atoms with Crippen LogP contribution in [0.25, 0.3) is 10.9 Å². The molecular formula is C24H27N3O2. The first-order valence-corrected chi connectivity index (χ1v) is 10.1. The number of hydrogen-bond donors (Lipinski definition) is 1. The monoisotopic (exact) mass is 389 g/mol. The fraction of sp³-hybridized carbons (Fsp3) is 0.333. The van der Waals surface area contributed by atoms with Crippen LogP contribution in [0.15, 0.2) is 47.3 Å². The molecule has 0 atom stereocenters. The van der Waals surface area contributed by atoms with Gasteiger partial charge >= 0.3 is 0 Å². The van der Waals surface area contributed by atoms with Crippen molar-refractivity contribution in [3.05, 3.63) is 80.6 Å². The van der Waals surface area contributed by atoms with Gasteiger partial charge < -0.3 is 9.88 Å². The summed E-state index contributed by atoms with van der Waals surface area (Å²) in [4.78, 5) is 32.5. The number of aryl methyl sites for hydroxylation is 3. The highest BCUT2D eigenvalue weighted by atomic mass is 16.2. The number of nitrogens with zero attached hydrogens (tertiary/aromatic N) is 2. The molecule has 1 aromatic heterocycles. The van der Waals surface area contributed by atoms with E-state index in [-0.39, 0.29) is 11.5 Å². The van der Waals surface area contributed by atoms with Crippen molar-refractivity contribution >= 4 is 16.8 Å². The fourth-order valence-corrected chi connectivity index (χ4v) is 3.95. The normalized spacial score (nSPS) is 15.1. The van der Waals surface area contributed by atoms with Crippen LogP contribution in [0.3, 0.4) is 0 Å². The van der Waals surface area contributed by atoms with Gasteiger partial charge in [0.1, 0.15) is 0 Å². The Bertz CT molecular complexity index is 1120. The van der Waals surface area contributed by atoms with Crippen LogP contribution in [-0.4, -0.2) is 46.9 Å². The minimum atomic E-state index is -0.0274. The zero-order valence-electron chi connectivity index (χ0n) is 17.3. The molecule has 0 aliphatic carbocycles. The first-order chi connectivity index (χ1) is 13.9. The lowest BCUT2D eigenvalue weighted by molar-refractivity contribution is 0.0628. The predicted molar refractivity (Wildman–Crippen MR) is 116 cm³/mol. The van der Waals surface area contributed by atoms with Crippen LogP contribution in [0.2, 0.25) is 0 Å². The van der Waals surface area contributed by atoms with Gasteiger partial charge in [-0.05, 0) is 61.0 Å². The van der Waals surface area contributed by atoms with Crippen molar-refractivity contribution in [1.29, 1.82) is 0 Å². The number of benzene rings is 2. The van der Waals surface area contributed by atoms with E-state index >= 15 is 0 Å². The fourth-order valence-electron chi connectivity index (χ4n) is 3.95. The minimum absolute atomic E-state index is 0.0274. The van der Waals surface area contributed by atoms with Crippen LogP contribution in [0.1, 0.15) is 32.6 Å². The van der Waals surface area contributed by atoms with Gasteiger partial charge in [-0.1, -0.05) is 24.3 Å². The van der Waals surface area contributed by atoms with Crippen molar-refractivity contribution < 1.29 is 4.79 Å². The summed E-state index contributed by atoms with van der Waals surface area (Å²) < 4.78 is 0. The Morgan fingerprint density at radius 2 is 1.69 bits per heavy atom. The number of hydrogen-bond acceptors (Lipinski definition) is 3. The lowest BCUT2D eigenvalue weighted by Crippen LogP contribution is -2.48. The maximum Gasteiger partial charge on any atom is 0.253 e. The van der Waals surface area contributed by atoms with Crippen LogP contribution in [0, 0.1) is 20.8 Å². The molecule has 1 saturated heterocycles. The number of fused-ring (bicyclic) bond motifs is 1. The summed E-state index contributed by atoms with van der Waals surface area (Å²) in [7, 11) is 0. The van der Waals surface area contributed by atoms with Crippen LogP contribution < -0.4 is 5.56 Å². The number of nitrogens with one attached hydrogen (secondary N) is 1. The van der Waals surface area contributed by atoms with E-state index in [1.165, 1.54) is 5.56 Å². The molecule has 3 aromatic rings. The molecule has 2 aromatic carbocycles. The van der Waals surface area contributed by atoms with Crippen LogP contribution in [-0.2, 0) is 6.54 Å². The van der Waals surface area contributed by atoms with E-state index in [9.17, 15) is 9.59 Å². The third kappa shape index (κ3) is 3.96. The van der Waals surface area contributed by atoms with Gasteiger partial charge in [-0.15, -0.1) is 0 Å². The molecule has 0 radical (unpaired) electrons. The van der Waals surface area contributed by atoms with Gasteiger partial charge in [-0.25, -0.2) is 0 Å². The van der Waals surface area contributed by atoms with Gasteiger partial charge in [-0.2, -0.15) is 0 Å². The molecule has 1 fully saturated rings. The Kier molecular flexibility index (Phi) is 5.24. The van der Waals surface area contributed by atoms with E-state index in [0.717, 1.165) is 46.2 Å². The third-order valence-electron chi connectivity index (χ3n) is 5.97. The molecule has 29 heavy (non-hydrogen) atoms. The molecular weight excluding hydrogens is 362 g/mol. The van der Waals surface area contributed by atoms with E-state index < -0.39 is 0 Å². The molecule has 0 saturated carbocycles. The van der Waals surface area contributed by atoms with Gasteiger partial charge in [-0.3, -0.25) is 14.5 Å². The highest BCUT2D eigenvalue weighted by molar-refractivity contribution is 5.94. The number of para-hydroxylation sites is 1. The van der Waals surface area contributed by atoms with Gasteiger partial charge in [0, 0.05) is 43.9 Å². The Labute approximate surface area is 171 Å². The molecule has 5 heteroatoms. The quantitative estimate of drug-likeness (QED) is 0.747. The highest BCUT2D eigenvalue weighted by Gasteiger charge is 2.23. The van der Waals surface area contributed by atoms with E-state index in [4.69, 9.17) is 0 Å². The second-order valence-electron chi connectivity index (χ2n) is 8.03. The van der Waals surface area contributed by atoms with E-state index in [1.807, 2.05) is 61.2 Å². The summed E-state index contributed by atoms with van der Waals surface area (Å²) in [5.74, 6) is 0.0896. The Hall–Kier alpha value is -2.92. The molecule has 4 rings (SSSR count). The molecule has 5 nitrogen and oxygen atoms in total. The Morgan fingerprint density at radius 1 is 0.931 bits per heavy atom. The number of rotatable bonds is 3. The molecule has 1 amide bonds. The summed E-state index contributed by atoms with van der Waals surface area (Å²) in [6.45, 7) is 9.58. The number of piperazine rings is 1. The second-order valence-corrected chi connectivity index (χ2v) is 8.03. The van der Waals surface area contributed by atoms with Crippen LogP contribution >= 0.6 is 0 Å². The van der Waals surface area contributed by atoms with Crippen molar-refractivity contribution in [3.63, 3.8) is 0 Å². The molecule has 2 heterocycles. The molecule has 1 N–H and O–H groups in total. The first kappa shape index (κ1) is 19.4. The largest absolute Gasteiger partial charge is 0.336 e. The van der Waals surface area contributed by atoms with Gasteiger partial charge in [0.05, 0.1) is 5.52 Å². The molecule has 1 aliphatic rings. The van der Waals surface area contributed by atoms with Crippen molar-refractivity contribution in [2.75, 3.05) is 26.2 Å². The lowest BCUT2D eigenvalue weighted by atomic mass is 10.1. The first-order valence-electron chi connectivity index (χ1n) is 10.1. The summed E-state index contributed by atoms with van der Waals surface area (Å²) in [6.07, 6.45) is 0. The van der Waals surface area contributed by atoms with Crippen molar-refractivity contribution in [1.82, 2.24) is 14.8 Å². The average Bonchev–Trinajstić information content (AvgIpc) is 2.71. The summed E-state index contributed by atoms with van der Waals surface area (Å²) in [5, 5.41) is 1.06. The summed E-state index contributed by atoms with van der Waals surface area (Å²) in [6, 6.07) is 13.9. The number of carbonyl (C=O) groups excluding carboxylic acids is 1. The lowest BCUT2D eigenvalue weighted by Gasteiger charge is -2.34. The number of amides is 1. The minimum Gasteiger partial charge on any atom is -0.336 e. The van der Waals surface area contributed by atoms with Gasteiger partial charge in [0.25, 0.3) is 11.5 Å². The highest BCUT2D eigenvalue weighted by Crippen LogP contribution is 2.17. The van der Waals surface area contributed by atoms with Crippen LogP contribution in [0.4, 0.5) is 0 Å². The van der Waals surface area contributed by atoms with Crippen molar-refractivity contribution in [2.45, 2.75) is 27.3 Å². The molecule has 1 aliphatic heterocycles. The number of aromatic amines is 1. The average molecular weight is 389 g/mol. The van der Waals surface area contributed by atoms with Crippen LogP contribution in [0.5, 0.6) is 0 Å². The van der Waals surface area contributed by atoms with Crippen molar-refractivity contribution in [3.8, 4) is 0 Å². The topological polar surface area (TPSA) is 56.4 Å². The van der Waals surface area contributed by atoms with Gasteiger partial charge in [0.2, 0.25) is 0 Å². The number of H-pyrrole nitrogens is 1. The number of aromatic nitrogens is 1. The Morgan fingerprint density at radius 3 is 2.41 bits per heavy atom. The molecule has 0 unspecified atom stereocenters. The standard InChI is InChI=1S/C24H27N3O2/c1-16-7-8-20(13-18(16)3)24(29)27-11-9-26(10-12-27)15-21-14-19-6-4-5-17(2)22(19)25-23(21)28/h4-8,13-14H,9-12,15H2,1-3H3,(H,25,28). The van der Waals surface area contributed by atoms with E-state index in [2.05, 4.69) is 16.8 Å². The third-order valence-corrected chi connectivity index (χ3v) is 5.97. The van der Waals surface area contributed by atoms with E-state index in [1.54, 1.807) is 0 Å². The SMILES string of the molecule is Cc1ccc(C(=O)N2CCN(Cc3cc4cccc(C)c4[nH]c3=O)CC2)cc1C. The maximum atomic E-state index is 12.8. The predicted octanol–water partition coefficient (Wildman–Crippen LogP) is 3.41. The smallest absolute Gasteiger partial charge is 0.253 e. The molecule has 0 spiro atoms. The van der Waals surface area contributed by atoms with E-state index in [0.29, 0.717) is 19.6 Å². The van der Waals surface area contributed by atoms with Gasteiger partial charge in [0.15, 0.2) is 0 Å². The maximum absolute atomic E-state index is 12.8. The number of pyridine rings is 1. The zero-order valence-corrected chi connectivity index (χ0v) is 17.3. The second kappa shape index (κ2) is 7.84. The molecule has 150 valence electrons. The summed E-state index contributed by atoms with van der Waals surface area (Å²) in [5.41, 5.74) is 5.82. The van der Waals surface area contributed by atoms with Crippen molar-refractivity contribution in [2.24, 2.45) is 0 Å². The summed E-state index contributed by atoms with van der Waals surface area (Å²) >= 11 is 0. The Balaban J connectivity index is 1.43. The zero-order chi connectivity index (χ0) is 20.5. The number of carbonyl (C=O) groups is 1.